The Morgan fingerprint density at radius 3 is 2.32 bits per heavy atom. The summed E-state index contributed by atoms with van der Waals surface area (Å²) < 4.78 is 27.3. The Morgan fingerprint density at radius 2 is 1.62 bits per heavy atom. The van der Waals surface area contributed by atoms with Crippen molar-refractivity contribution in [3.8, 4) is 23.0 Å². The fraction of sp³-hybridized carbons (Fsp3) is 0.154. The zero-order valence-electron chi connectivity index (χ0n) is 18.6. The summed E-state index contributed by atoms with van der Waals surface area (Å²) in [7, 11) is 3.12. The zero-order valence-corrected chi connectivity index (χ0v) is 19.4. The van der Waals surface area contributed by atoms with Gasteiger partial charge >= 0.3 is 5.97 Å². The van der Waals surface area contributed by atoms with Gasteiger partial charge in [-0.2, -0.15) is 0 Å². The molecule has 0 aromatic heterocycles. The van der Waals surface area contributed by atoms with Crippen molar-refractivity contribution in [2.75, 3.05) is 27.4 Å². The molecule has 1 heterocycles. The minimum atomic E-state index is -0.537. The molecule has 1 aliphatic rings. The topological polar surface area (TPSA) is 75.6 Å². The fourth-order valence-corrected chi connectivity index (χ4v) is 3.48. The van der Waals surface area contributed by atoms with Crippen LogP contribution < -0.4 is 18.9 Å². The van der Waals surface area contributed by atoms with E-state index in [9.17, 15) is 4.79 Å². The Kier molecular flexibility index (Phi) is 7.34. The average Bonchev–Trinajstić information content (AvgIpc) is 3.23. The lowest BCUT2D eigenvalue weighted by Crippen LogP contribution is -2.10. The van der Waals surface area contributed by atoms with Gasteiger partial charge in [-0.15, -0.1) is 0 Å². The van der Waals surface area contributed by atoms with Crippen LogP contribution in [0.1, 0.15) is 11.1 Å². The summed E-state index contributed by atoms with van der Waals surface area (Å²) in [5.41, 5.74) is 1.50. The van der Waals surface area contributed by atoms with Gasteiger partial charge in [0.05, 0.1) is 19.2 Å². The summed E-state index contributed by atoms with van der Waals surface area (Å²) in [6.45, 7) is 0.556. The molecule has 0 saturated carbocycles. The van der Waals surface area contributed by atoms with E-state index in [0.717, 1.165) is 11.3 Å². The van der Waals surface area contributed by atoms with Crippen LogP contribution in [-0.2, 0) is 9.53 Å². The molecule has 0 radical (unpaired) electrons. The second-order valence-corrected chi connectivity index (χ2v) is 7.52. The highest BCUT2D eigenvalue weighted by atomic mass is 35.5. The van der Waals surface area contributed by atoms with E-state index in [1.807, 2.05) is 54.6 Å². The molecule has 4 rings (SSSR count). The van der Waals surface area contributed by atoms with Crippen LogP contribution in [0.15, 0.2) is 77.4 Å². The molecule has 1 aliphatic heterocycles. The number of nitrogens with zero attached hydrogens (tertiary/aromatic N) is 1. The molecular weight excluding hydrogens is 458 g/mol. The largest absolute Gasteiger partial charge is 0.497 e. The quantitative estimate of drug-likeness (QED) is 0.240. The van der Waals surface area contributed by atoms with Crippen molar-refractivity contribution < 1.29 is 28.5 Å². The maximum atomic E-state index is 12.3. The Balaban J connectivity index is 1.44. The highest BCUT2D eigenvalue weighted by molar-refractivity contribution is 6.32. The van der Waals surface area contributed by atoms with Gasteiger partial charge in [0, 0.05) is 5.56 Å². The molecule has 3 aromatic carbocycles. The van der Waals surface area contributed by atoms with Gasteiger partial charge in [-0.25, -0.2) is 9.79 Å². The molecule has 0 aliphatic carbocycles. The van der Waals surface area contributed by atoms with Crippen molar-refractivity contribution in [1.82, 2.24) is 0 Å². The van der Waals surface area contributed by atoms with Gasteiger partial charge in [-0.05, 0) is 60.2 Å². The molecule has 8 heteroatoms. The van der Waals surface area contributed by atoms with E-state index in [1.54, 1.807) is 25.3 Å². The van der Waals surface area contributed by atoms with E-state index in [1.165, 1.54) is 7.11 Å². The number of carbonyl (C=O) groups is 1. The lowest BCUT2D eigenvalue weighted by molar-refractivity contribution is -0.129. The van der Waals surface area contributed by atoms with Crippen LogP contribution in [0.5, 0.6) is 23.0 Å². The molecule has 7 nitrogen and oxygen atoms in total. The number of halogens is 1. The predicted molar refractivity (Wildman–Crippen MR) is 129 cm³/mol. The first-order chi connectivity index (χ1) is 16.6. The number of carbonyl (C=O) groups excluding carboxylic acids is 1. The van der Waals surface area contributed by atoms with Crippen LogP contribution in [0.25, 0.3) is 6.08 Å². The van der Waals surface area contributed by atoms with Crippen LogP contribution in [0, 0.1) is 0 Å². The minimum Gasteiger partial charge on any atom is -0.497 e. The number of ether oxygens (including phenoxy) is 5. The first kappa shape index (κ1) is 23.2. The number of hydrogen-bond acceptors (Lipinski definition) is 7. The van der Waals surface area contributed by atoms with E-state index in [-0.39, 0.29) is 18.2 Å². The zero-order chi connectivity index (χ0) is 23.9. The molecule has 0 N–H and O–H groups in total. The van der Waals surface area contributed by atoms with Crippen molar-refractivity contribution in [3.05, 3.63) is 88.6 Å². The minimum absolute atomic E-state index is 0.165. The first-order valence-electron chi connectivity index (χ1n) is 10.4. The number of aliphatic imine (C=N–C) groups is 1. The molecule has 0 fully saturated rings. The van der Waals surface area contributed by atoms with E-state index in [4.69, 9.17) is 35.3 Å². The smallest absolute Gasteiger partial charge is 0.363 e. The highest BCUT2D eigenvalue weighted by Crippen LogP contribution is 2.37. The number of rotatable bonds is 9. The molecule has 0 bridgehead atoms. The lowest BCUT2D eigenvalue weighted by Gasteiger charge is -2.14. The normalized spacial score (nSPS) is 13.9. The molecule has 34 heavy (non-hydrogen) atoms. The summed E-state index contributed by atoms with van der Waals surface area (Å²) in [5, 5.41) is 0.328. The van der Waals surface area contributed by atoms with Gasteiger partial charge in [0.25, 0.3) is 0 Å². The van der Waals surface area contributed by atoms with Crippen molar-refractivity contribution in [3.63, 3.8) is 0 Å². The maximum Gasteiger partial charge on any atom is 0.363 e. The average molecular weight is 480 g/mol. The van der Waals surface area contributed by atoms with E-state index in [2.05, 4.69) is 4.99 Å². The second kappa shape index (κ2) is 10.8. The number of hydrogen-bond donors (Lipinski definition) is 0. The van der Waals surface area contributed by atoms with Crippen molar-refractivity contribution in [2.45, 2.75) is 0 Å². The van der Waals surface area contributed by atoms with Gasteiger partial charge in [-0.1, -0.05) is 29.8 Å². The molecular formula is C26H22ClNO6. The van der Waals surface area contributed by atoms with Crippen LogP contribution in [0.4, 0.5) is 0 Å². The van der Waals surface area contributed by atoms with E-state index >= 15 is 0 Å². The van der Waals surface area contributed by atoms with Crippen molar-refractivity contribution in [2.24, 2.45) is 4.99 Å². The predicted octanol–water partition coefficient (Wildman–Crippen LogP) is 5.16. The molecule has 0 atom stereocenters. The van der Waals surface area contributed by atoms with Crippen LogP contribution >= 0.6 is 11.6 Å². The van der Waals surface area contributed by atoms with Crippen LogP contribution in [0.2, 0.25) is 5.02 Å². The molecule has 174 valence electrons. The first-order valence-corrected chi connectivity index (χ1v) is 10.8. The van der Waals surface area contributed by atoms with Gasteiger partial charge in [0.2, 0.25) is 5.90 Å². The number of benzene rings is 3. The SMILES string of the molecule is COc1ccc(OCCOc2c(Cl)cc(/C=C3\N=C(c4ccccc4)OC3=O)cc2OC)cc1. The maximum absolute atomic E-state index is 12.3. The Bertz CT molecular complexity index is 1220. The lowest BCUT2D eigenvalue weighted by atomic mass is 10.1. The molecule has 0 unspecified atom stereocenters. The third-order valence-electron chi connectivity index (χ3n) is 4.85. The number of esters is 1. The third-order valence-corrected chi connectivity index (χ3v) is 5.14. The summed E-state index contributed by atoms with van der Waals surface area (Å²) in [5.74, 6) is 1.97. The third kappa shape index (κ3) is 5.50. The van der Waals surface area contributed by atoms with Crippen molar-refractivity contribution >= 4 is 29.5 Å². The number of cyclic esters (lactones) is 1. The van der Waals surface area contributed by atoms with Gasteiger partial charge < -0.3 is 23.7 Å². The molecule has 3 aromatic rings. The highest BCUT2D eigenvalue weighted by Gasteiger charge is 2.24. The summed E-state index contributed by atoms with van der Waals surface area (Å²) in [6.07, 6.45) is 1.59. The van der Waals surface area contributed by atoms with Crippen LogP contribution in [0.3, 0.4) is 0 Å². The second-order valence-electron chi connectivity index (χ2n) is 7.11. The van der Waals surface area contributed by atoms with Gasteiger partial charge in [0.1, 0.15) is 24.7 Å². The molecule has 0 spiro atoms. The Hall–Kier alpha value is -3.97. The fourth-order valence-electron chi connectivity index (χ4n) is 3.21. The molecule has 0 saturated heterocycles. The van der Waals surface area contributed by atoms with Crippen molar-refractivity contribution in [1.29, 1.82) is 0 Å². The van der Waals surface area contributed by atoms with Gasteiger partial charge in [-0.3, -0.25) is 0 Å². The standard InChI is InChI=1S/C26H22ClNO6/c1-30-19-8-10-20(11-9-19)32-12-13-33-24-21(27)14-17(16-23(24)31-2)15-22-26(29)34-25(28-22)18-6-4-3-5-7-18/h3-11,14-16H,12-13H2,1-2H3/b22-15-. The Morgan fingerprint density at radius 1 is 0.912 bits per heavy atom. The van der Waals surface area contributed by atoms with E-state index in [0.29, 0.717) is 34.4 Å². The number of methoxy groups -OCH3 is 2. The van der Waals surface area contributed by atoms with E-state index < -0.39 is 5.97 Å². The Labute approximate surface area is 202 Å². The summed E-state index contributed by atoms with van der Waals surface area (Å²) in [6, 6.07) is 19.8. The summed E-state index contributed by atoms with van der Waals surface area (Å²) >= 11 is 6.45. The van der Waals surface area contributed by atoms with Crippen LogP contribution in [-0.4, -0.2) is 39.3 Å². The monoisotopic (exact) mass is 479 g/mol. The summed E-state index contributed by atoms with van der Waals surface area (Å²) in [4.78, 5) is 16.6. The van der Waals surface area contributed by atoms with Gasteiger partial charge in [0.15, 0.2) is 17.2 Å². The molecule has 0 amide bonds.